The molecule has 29 heavy (non-hydrogen) atoms. The van der Waals surface area contributed by atoms with Crippen molar-refractivity contribution in [1.29, 1.82) is 0 Å². The van der Waals surface area contributed by atoms with Crippen molar-refractivity contribution in [1.82, 2.24) is 19.6 Å². The van der Waals surface area contributed by atoms with Gasteiger partial charge in [-0.3, -0.25) is 14.3 Å². The van der Waals surface area contributed by atoms with Gasteiger partial charge in [-0.2, -0.15) is 5.10 Å². The average molecular weight is 431 g/mol. The number of likely N-dealkylation sites (N-methyl/N-ethyl adjacent to an activating group) is 1. The number of halogens is 1. The molecule has 2 aromatic heterocycles. The van der Waals surface area contributed by atoms with E-state index >= 15 is 0 Å². The summed E-state index contributed by atoms with van der Waals surface area (Å²) in [6.45, 7) is 3.18. The summed E-state index contributed by atoms with van der Waals surface area (Å²) in [5.74, 6) is -0.0802. The van der Waals surface area contributed by atoms with Gasteiger partial charge in [0.25, 0.3) is 5.91 Å². The zero-order valence-electron chi connectivity index (χ0n) is 16.7. The molecule has 8 heteroatoms. The number of nitrogens with zero attached hydrogens (tertiary/aromatic N) is 4. The molecule has 4 rings (SSSR count). The number of aryl methyl sites for hydroxylation is 1. The van der Waals surface area contributed by atoms with E-state index < -0.39 is 0 Å². The SMILES string of the molecule is Cc1nn(Cc2ccc(Cl)cc2)c2sc(C(=O)N3CCCC3C(=O)N(C)C)cc12. The van der Waals surface area contributed by atoms with E-state index in [0.717, 1.165) is 34.3 Å². The Morgan fingerprint density at radius 1 is 1.28 bits per heavy atom. The lowest BCUT2D eigenvalue weighted by atomic mass is 10.2. The van der Waals surface area contributed by atoms with Gasteiger partial charge in [-0.25, -0.2) is 0 Å². The monoisotopic (exact) mass is 430 g/mol. The van der Waals surface area contributed by atoms with Gasteiger partial charge >= 0.3 is 0 Å². The fourth-order valence-corrected chi connectivity index (χ4v) is 5.04. The molecule has 3 heterocycles. The molecule has 1 atom stereocenters. The molecule has 0 radical (unpaired) electrons. The van der Waals surface area contributed by atoms with E-state index in [-0.39, 0.29) is 17.9 Å². The molecular weight excluding hydrogens is 408 g/mol. The van der Waals surface area contributed by atoms with E-state index in [1.807, 2.05) is 41.9 Å². The van der Waals surface area contributed by atoms with Crippen LogP contribution in [0.3, 0.4) is 0 Å². The van der Waals surface area contributed by atoms with Crippen LogP contribution in [0.15, 0.2) is 30.3 Å². The maximum atomic E-state index is 13.2. The Kier molecular flexibility index (Phi) is 5.36. The van der Waals surface area contributed by atoms with Gasteiger partial charge in [0.05, 0.1) is 17.1 Å². The number of benzene rings is 1. The summed E-state index contributed by atoms with van der Waals surface area (Å²) < 4.78 is 1.93. The highest BCUT2D eigenvalue weighted by Gasteiger charge is 2.36. The first kappa shape index (κ1) is 19.9. The first-order valence-electron chi connectivity index (χ1n) is 9.58. The lowest BCUT2D eigenvalue weighted by Gasteiger charge is -2.25. The van der Waals surface area contributed by atoms with Gasteiger partial charge in [0, 0.05) is 31.0 Å². The van der Waals surface area contributed by atoms with Crippen LogP contribution in [0.2, 0.25) is 5.02 Å². The molecule has 1 unspecified atom stereocenters. The van der Waals surface area contributed by atoms with E-state index in [1.54, 1.807) is 23.9 Å². The Balaban J connectivity index is 1.63. The van der Waals surface area contributed by atoms with Crippen molar-refractivity contribution in [3.8, 4) is 0 Å². The van der Waals surface area contributed by atoms with Crippen molar-refractivity contribution in [3.63, 3.8) is 0 Å². The van der Waals surface area contributed by atoms with Gasteiger partial charge in [-0.05, 0) is 43.5 Å². The zero-order chi connectivity index (χ0) is 20.7. The Bertz CT molecular complexity index is 1070. The number of aromatic nitrogens is 2. The van der Waals surface area contributed by atoms with Crippen LogP contribution in [-0.4, -0.2) is 58.1 Å². The van der Waals surface area contributed by atoms with Crippen LogP contribution in [0, 0.1) is 6.92 Å². The Morgan fingerprint density at radius 2 is 2.00 bits per heavy atom. The highest BCUT2D eigenvalue weighted by molar-refractivity contribution is 7.20. The van der Waals surface area contributed by atoms with Crippen molar-refractivity contribution in [2.75, 3.05) is 20.6 Å². The minimum absolute atomic E-state index is 0.0120. The smallest absolute Gasteiger partial charge is 0.264 e. The number of thiophene rings is 1. The fraction of sp³-hybridized carbons (Fsp3) is 0.381. The van der Waals surface area contributed by atoms with E-state index in [1.165, 1.54) is 11.3 Å². The molecule has 1 aliphatic rings. The quantitative estimate of drug-likeness (QED) is 0.632. The molecule has 3 aromatic rings. The number of carbonyl (C=O) groups excluding carboxylic acids is 2. The van der Waals surface area contributed by atoms with Crippen molar-refractivity contribution in [2.45, 2.75) is 32.4 Å². The van der Waals surface area contributed by atoms with Gasteiger partial charge in [0.15, 0.2) is 0 Å². The largest absolute Gasteiger partial charge is 0.347 e. The van der Waals surface area contributed by atoms with E-state index in [9.17, 15) is 9.59 Å². The molecule has 0 saturated carbocycles. The minimum Gasteiger partial charge on any atom is -0.347 e. The topological polar surface area (TPSA) is 58.4 Å². The molecule has 0 spiro atoms. The van der Waals surface area contributed by atoms with Gasteiger partial charge < -0.3 is 9.80 Å². The van der Waals surface area contributed by atoms with Crippen LogP contribution in [0.5, 0.6) is 0 Å². The molecule has 0 N–H and O–H groups in total. The van der Waals surface area contributed by atoms with Crippen LogP contribution in [-0.2, 0) is 11.3 Å². The molecule has 0 aliphatic carbocycles. The lowest BCUT2D eigenvalue weighted by molar-refractivity contribution is -0.132. The number of amides is 2. The Morgan fingerprint density at radius 3 is 2.69 bits per heavy atom. The molecule has 2 amide bonds. The minimum atomic E-state index is -0.366. The van der Waals surface area contributed by atoms with Gasteiger partial charge in [0.2, 0.25) is 5.91 Å². The number of fused-ring (bicyclic) bond motifs is 1. The number of hydrogen-bond donors (Lipinski definition) is 0. The molecule has 152 valence electrons. The number of hydrogen-bond acceptors (Lipinski definition) is 4. The second-order valence-corrected chi connectivity index (χ2v) is 9.06. The number of rotatable bonds is 4. The van der Waals surface area contributed by atoms with Gasteiger partial charge in [-0.1, -0.05) is 23.7 Å². The first-order valence-corrected chi connectivity index (χ1v) is 10.8. The summed E-state index contributed by atoms with van der Waals surface area (Å²) in [6, 6.07) is 9.23. The zero-order valence-corrected chi connectivity index (χ0v) is 18.3. The standard InChI is InChI=1S/C21H23ClN4O2S/c1-13-16-11-18(20(28)25-10-4-5-17(25)19(27)24(2)3)29-21(16)26(23-13)12-14-6-8-15(22)9-7-14/h6-9,11,17H,4-5,10,12H2,1-3H3. The van der Waals surface area contributed by atoms with E-state index in [2.05, 4.69) is 5.10 Å². The van der Waals surface area contributed by atoms with Crippen molar-refractivity contribution < 1.29 is 9.59 Å². The summed E-state index contributed by atoms with van der Waals surface area (Å²) >= 11 is 7.42. The van der Waals surface area contributed by atoms with Crippen LogP contribution in [0.4, 0.5) is 0 Å². The normalized spacial score (nSPS) is 16.6. The van der Waals surface area contributed by atoms with Crippen LogP contribution in [0.1, 0.15) is 33.8 Å². The Labute approximate surface area is 178 Å². The lowest BCUT2D eigenvalue weighted by Crippen LogP contribution is -2.45. The van der Waals surface area contributed by atoms with Crippen LogP contribution >= 0.6 is 22.9 Å². The van der Waals surface area contributed by atoms with Crippen LogP contribution < -0.4 is 0 Å². The predicted octanol–water partition coefficient (Wildman–Crippen LogP) is 3.80. The second-order valence-electron chi connectivity index (χ2n) is 7.59. The molecule has 6 nitrogen and oxygen atoms in total. The fourth-order valence-electron chi connectivity index (χ4n) is 3.79. The number of carbonyl (C=O) groups is 2. The molecule has 1 aliphatic heterocycles. The van der Waals surface area contributed by atoms with Crippen LogP contribution in [0.25, 0.3) is 10.2 Å². The molecule has 1 aromatic carbocycles. The second kappa shape index (κ2) is 7.80. The van der Waals surface area contributed by atoms with Crippen molar-refractivity contribution in [3.05, 3.63) is 51.5 Å². The third kappa shape index (κ3) is 3.76. The summed E-state index contributed by atoms with van der Waals surface area (Å²) in [5.41, 5.74) is 1.99. The highest BCUT2D eigenvalue weighted by Crippen LogP contribution is 2.31. The highest BCUT2D eigenvalue weighted by atomic mass is 35.5. The summed E-state index contributed by atoms with van der Waals surface area (Å²) in [4.78, 5) is 30.6. The van der Waals surface area contributed by atoms with Crippen molar-refractivity contribution in [2.24, 2.45) is 0 Å². The molecular formula is C21H23ClN4O2S. The third-order valence-electron chi connectivity index (χ3n) is 5.30. The predicted molar refractivity (Wildman–Crippen MR) is 116 cm³/mol. The molecule has 1 fully saturated rings. The summed E-state index contributed by atoms with van der Waals surface area (Å²) in [5, 5.41) is 6.33. The van der Waals surface area contributed by atoms with E-state index in [0.29, 0.717) is 23.0 Å². The molecule has 1 saturated heterocycles. The van der Waals surface area contributed by atoms with Gasteiger partial charge in [0.1, 0.15) is 10.9 Å². The maximum Gasteiger partial charge on any atom is 0.264 e. The summed E-state index contributed by atoms with van der Waals surface area (Å²) in [6.07, 6.45) is 1.57. The average Bonchev–Trinajstić information content (AvgIpc) is 3.40. The van der Waals surface area contributed by atoms with Crippen molar-refractivity contribution >= 4 is 45.0 Å². The van der Waals surface area contributed by atoms with Gasteiger partial charge in [-0.15, -0.1) is 11.3 Å². The first-order chi connectivity index (χ1) is 13.8. The van der Waals surface area contributed by atoms with E-state index in [4.69, 9.17) is 11.6 Å². The summed E-state index contributed by atoms with van der Waals surface area (Å²) in [7, 11) is 3.47. The Hall–Kier alpha value is -2.38. The number of likely N-dealkylation sites (tertiary alicyclic amines) is 1. The third-order valence-corrected chi connectivity index (χ3v) is 6.69. The maximum absolute atomic E-state index is 13.2. The molecule has 0 bridgehead atoms.